The first-order valence-electron chi connectivity index (χ1n) is 20.2. The summed E-state index contributed by atoms with van der Waals surface area (Å²) in [6.45, 7) is 7.66. The Morgan fingerprint density at radius 3 is 0.881 bits per heavy atom. The van der Waals surface area contributed by atoms with E-state index in [-0.39, 0.29) is 5.60 Å². The summed E-state index contributed by atoms with van der Waals surface area (Å²) >= 11 is 0. The van der Waals surface area contributed by atoms with Crippen molar-refractivity contribution in [3.05, 3.63) is 0 Å². The van der Waals surface area contributed by atoms with Gasteiger partial charge in [0.05, 0.1) is 12.2 Å². The van der Waals surface area contributed by atoms with E-state index in [1.165, 1.54) is 218 Å². The van der Waals surface area contributed by atoms with E-state index in [1.54, 1.807) is 0 Å². The number of nitrogens with one attached hydrogen (secondary N) is 1. The van der Waals surface area contributed by atoms with Crippen LogP contribution in [-0.4, -0.2) is 25.3 Å². The summed E-state index contributed by atoms with van der Waals surface area (Å²) in [5.41, 5.74) is 0.143. The largest absolute Gasteiger partial charge is 0.372 e. The Labute approximate surface area is 267 Å². The van der Waals surface area contributed by atoms with Gasteiger partial charge in [0.1, 0.15) is 0 Å². The standard InChI is InChI=1S/C40H81NO/c1-3-5-7-9-11-13-15-17-19-21-23-25-27-29-31-33-35-40(39-41-37-38-42-40)36-34-32-30-28-26-24-22-20-18-16-14-12-10-8-6-4-2/h41H,3-39H2,1-2H3. The maximum absolute atomic E-state index is 6.45. The molecule has 0 unspecified atom stereocenters. The molecule has 0 spiro atoms. The van der Waals surface area contributed by atoms with Crippen LogP contribution in [0.4, 0.5) is 0 Å². The van der Waals surface area contributed by atoms with Crippen molar-refractivity contribution in [1.82, 2.24) is 5.32 Å². The highest BCUT2D eigenvalue weighted by atomic mass is 16.5. The molecule has 42 heavy (non-hydrogen) atoms. The van der Waals surface area contributed by atoms with Gasteiger partial charge in [0.15, 0.2) is 0 Å². The molecule has 0 radical (unpaired) electrons. The second kappa shape index (κ2) is 32.3. The molecule has 0 saturated carbocycles. The van der Waals surface area contributed by atoms with E-state index in [0.29, 0.717) is 0 Å². The van der Waals surface area contributed by atoms with Crippen LogP contribution in [-0.2, 0) is 4.74 Å². The minimum absolute atomic E-state index is 0.143. The first-order valence-corrected chi connectivity index (χ1v) is 20.2. The average Bonchev–Trinajstić information content (AvgIpc) is 3.01. The Morgan fingerprint density at radius 2 is 0.643 bits per heavy atom. The van der Waals surface area contributed by atoms with Crippen molar-refractivity contribution in [1.29, 1.82) is 0 Å². The second-order valence-corrected chi connectivity index (χ2v) is 14.3. The van der Waals surface area contributed by atoms with Crippen molar-refractivity contribution in [3.8, 4) is 0 Å². The molecular weight excluding hydrogens is 510 g/mol. The number of hydrogen-bond donors (Lipinski definition) is 1. The molecule has 1 aliphatic rings. The number of rotatable bonds is 34. The molecule has 1 heterocycles. The van der Waals surface area contributed by atoms with Crippen molar-refractivity contribution in [3.63, 3.8) is 0 Å². The van der Waals surface area contributed by atoms with E-state index < -0.39 is 0 Å². The Morgan fingerprint density at radius 1 is 0.381 bits per heavy atom. The van der Waals surface area contributed by atoms with Crippen LogP contribution in [0.15, 0.2) is 0 Å². The van der Waals surface area contributed by atoms with Gasteiger partial charge in [0.2, 0.25) is 0 Å². The van der Waals surface area contributed by atoms with Crippen LogP contribution in [0, 0.1) is 0 Å². The first-order chi connectivity index (χ1) is 20.8. The molecule has 252 valence electrons. The lowest BCUT2D eigenvalue weighted by Crippen LogP contribution is -2.49. The Bertz CT molecular complexity index is 462. The van der Waals surface area contributed by atoms with Crippen LogP contribution in [0.25, 0.3) is 0 Å². The highest BCUT2D eigenvalue weighted by molar-refractivity contribution is 4.86. The van der Waals surface area contributed by atoms with Crippen LogP contribution < -0.4 is 5.32 Å². The van der Waals surface area contributed by atoms with E-state index in [4.69, 9.17) is 4.74 Å². The number of hydrogen-bond acceptors (Lipinski definition) is 2. The van der Waals surface area contributed by atoms with Gasteiger partial charge in [-0.2, -0.15) is 0 Å². The van der Waals surface area contributed by atoms with Gasteiger partial charge in [-0.15, -0.1) is 0 Å². The van der Waals surface area contributed by atoms with E-state index in [2.05, 4.69) is 19.2 Å². The van der Waals surface area contributed by atoms with Crippen LogP contribution in [0.5, 0.6) is 0 Å². The molecule has 2 nitrogen and oxygen atoms in total. The lowest BCUT2D eigenvalue weighted by molar-refractivity contribution is -0.0791. The molecule has 0 aromatic heterocycles. The van der Waals surface area contributed by atoms with Crippen molar-refractivity contribution in [2.75, 3.05) is 19.7 Å². The third kappa shape index (κ3) is 26.3. The third-order valence-corrected chi connectivity index (χ3v) is 10.1. The molecule has 1 fully saturated rings. The fourth-order valence-electron chi connectivity index (χ4n) is 7.14. The van der Waals surface area contributed by atoms with Gasteiger partial charge in [-0.25, -0.2) is 0 Å². The van der Waals surface area contributed by atoms with E-state index in [0.717, 1.165) is 19.7 Å². The Kier molecular flexibility index (Phi) is 30.7. The summed E-state index contributed by atoms with van der Waals surface area (Å²) in [5, 5.41) is 3.66. The van der Waals surface area contributed by atoms with Gasteiger partial charge >= 0.3 is 0 Å². The highest BCUT2D eigenvalue weighted by Crippen LogP contribution is 2.28. The maximum Gasteiger partial charge on any atom is 0.0806 e. The zero-order valence-corrected chi connectivity index (χ0v) is 29.6. The van der Waals surface area contributed by atoms with Crippen LogP contribution >= 0.6 is 0 Å². The van der Waals surface area contributed by atoms with Crippen LogP contribution in [0.3, 0.4) is 0 Å². The fraction of sp³-hybridized carbons (Fsp3) is 1.00. The molecular formula is C40H81NO. The topological polar surface area (TPSA) is 21.3 Å². The molecule has 1 saturated heterocycles. The zero-order chi connectivity index (χ0) is 30.1. The number of morpholine rings is 1. The minimum atomic E-state index is 0.143. The lowest BCUT2D eigenvalue weighted by atomic mass is 9.88. The highest BCUT2D eigenvalue weighted by Gasteiger charge is 2.31. The SMILES string of the molecule is CCCCCCCCCCCCCCCCCCC1(CCCCCCCCCCCCCCCCCC)CNCCO1. The summed E-state index contributed by atoms with van der Waals surface area (Å²) < 4.78 is 6.45. The summed E-state index contributed by atoms with van der Waals surface area (Å²) in [4.78, 5) is 0. The Balaban J connectivity index is 1.90. The van der Waals surface area contributed by atoms with Crippen molar-refractivity contribution < 1.29 is 4.74 Å². The number of ether oxygens (including phenoxy) is 1. The van der Waals surface area contributed by atoms with Gasteiger partial charge in [-0.1, -0.05) is 219 Å². The predicted octanol–water partition coefficient (Wildman–Crippen LogP) is 13.6. The second-order valence-electron chi connectivity index (χ2n) is 14.3. The molecule has 1 rings (SSSR count). The van der Waals surface area contributed by atoms with Crippen LogP contribution in [0.1, 0.15) is 232 Å². The number of unbranched alkanes of at least 4 members (excludes halogenated alkanes) is 30. The molecule has 0 aromatic rings. The van der Waals surface area contributed by atoms with E-state index in [1.807, 2.05) is 0 Å². The van der Waals surface area contributed by atoms with E-state index in [9.17, 15) is 0 Å². The zero-order valence-electron chi connectivity index (χ0n) is 29.6. The molecule has 0 aliphatic carbocycles. The van der Waals surface area contributed by atoms with Gasteiger partial charge in [-0.05, 0) is 12.8 Å². The molecule has 1 aliphatic heterocycles. The first kappa shape index (κ1) is 39.9. The molecule has 0 aromatic carbocycles. The molecule has 1 N–H and O–H groups in total. The van der Waals surface area contributed by atoms with Crippen molar-refractivity contribution in [2.24, 2.45) is 0 Å². The predicted molar refractivity (Wildman–Crippen MR) is 190 cm³/mol. The van der Waals surface area contributed by atoms with Crippen molar-refractivity contribution >= 4 is 0 Å². The third-order valence-electron chi connectivity index (χ3n) is 10.1. The van der Waals surface area contributed by atoms with E-state index >= 15 is 0 Å². The summed E-state index contributed by atoms with van der Waals surface area (Å²) in [7, 11) is 0. The maximum atomic E-state index is 6.45. The summed E-state index contributed by atoms with van der Waals surface area (Å²) in [6.07, 6.45) is 48.8. The van der Waals surface area contributed by atoms with Gasteiger partial charge in [0.25, 0.3) is 0 Å². The summed E-state index contributed by atoms with van der Waals surface area (Å²) in [6, 6.07) is 0. The normalized spacial score (nSPS) is 15.0. The van der Waals surface area contributed by atoms with Gasteiger partial charge in [-0.3, -0.25) is 0 Å². The Hall–Kier alpha value is -0.0800. The fourth-order valence-corrected chi connectivity index (χ4v) is 7.14. The van der Waals surface area contributed by atoms with Crippen molar-refractivity contribution in [2.45, 2.75) is 238 Å². The molecule has 2 heteroatoms. The molecule has 0 atom stereocenters. The van der Waals surface area contributed by atoms with Crippen LogP contribution in [0.2, 0.25) is 0 Å². The summed E-state index contributed by atoms with van der Waals surface area (Å²) in [5.74, 6) is 0. The quantitative estimate of drug-likeness (QED) is 0.0751. The minimum Gasteiger partial charge on any atom is -0.372 e. The lowest BCUT2D eigenvalue weighted by Gasteiger charge is -2.38. The van der Waals surface area contributed by atoms with Gasteiger partial charge in [0, 0.05) is 13.1 Å². The monoisotopic (exact) mass is 592 g/mol. The average molecular weight is 592 g/mol. The van der Waals surface area contributed by atoms with Gasteiger partial charge < -0.3 is 10.1 Å². The molecule has 0 bridgehead atoms. The molecule has 0 amide bonds. The smallest absolute Gasteiger partial charge is 0.0806 e.